The summed E-state index contributed by atoms with van der Waals surface area (Å²) in [5.41, 5.74) is 0.684. The fourth-order valence-electron chi connectivity index (χ4n) is 2.67. The van der Waals surface area contributed by atoms with Gasteiger partial charge in [-0.1, -0.05) is 26.7 Å². The first-order valence-corrected chi connectivity index (χ1v) is 8.46. The summed E-state index contributed by atoms with van der Waals surface area (Å²) in [7, 11) is 0. The third-order valence-electron chi connectivity index (χ3n) is 4.20. The molecule has 0 bridgehead atoms. The molecular formula is C17H28N4O. The molecule has 22 heavy (non-hydrogen) atoms. The van der Waals surface area contributed by atoms with E-state index in [4.69, 9.17) is 0 Å². The Bertz CT molecular complexity index is 452. The number of nitrogens with zero attached hydrogens (tertiary/aromatic N) is 3. The lowest BCUT2D eigenvalue weighted by molar-refractivity contribution is 0.0643. The second-order valence-corrected chi connectivity index (χ2v) is 5.79. The molecule has 1 saturated heterocycles. The number of carbonyl (C=O) groups is 1. The molecule has 122 valence electrons. The highest BCUT2D eigenvalue weighted by molar-refractivity contribution is 5.94. The number of rotatable bonds is 7. The van der Waals surface area contributed by atoms with Gasteiger partial charge in [0, 0.05) is 38.9 Å². The van der Waals surface area contributed by atoms with Gasteiger partial charge in [0.1, 0.15) is 5.82 Å². The number of likely N-dealkylation sites (N-methyl/N-ethyl adjacent to an activating group) is 1. The van der Waals surface area contributed by atoms with Crippen molar-refractivity contribution in [1.82, 2.24) is 14.8 Å². The van der Waals surface area contributed by atoms with E-state index >= 15 is 0 Å². The van der Waals surface area contributed by atoms with Crippen molar-refractivity contribution in [3.05, 3.63) is 23.9 Å². The molecule has 1 aromatic rings. The summed E-state index contributed by atoms with van der Waals surface area (Å²) in [5, 5.41) is 3.30. The molecule has 1 amide bonds. The number of piperazine rings is 1. The third-order valence-corrected chi connectivity index (χ3v) is 4.20. The Labute approximate surface area is 133 Å². The minimum Gasteiger partial charge on any atom is -0.370 e. The van der Waals surface area contributed by atoms with E-state index in [1.165, 1.54) is 12.8 Å². The van der Waals surface area contributed by atoms with Gasteiger partial charge in [0.2, 0.25) is 0 Å². The van der Waals surface area contributed by atoms with Crippen LogP contribution in [-0.4, -0.2) is 60.0 Å². The van der Waals surface area contributed by atoms with Crippen molar-refractivity contribution >= 4 is 11.7 Å². The maximum Gasteiger partial charge on any atom is 0.255 e. The highest BCUT2D eigenvalue weighted by atomic mass is 16.2. The number of pyridine rings is 1. The van der Waals surface area contributed by atoms with Gasteiger partial charge in [0.25, 0.3) is 5.91 Å². The van der Waals surface area contributed by atoms with Crippen molar-refractivity contribution in [1.29, 1.82) is 0 Å². The van der Waals surface area contributed by atoms with Gasteiger partial charge in [-0.3, -0.25) is 4.79 Å². The van der Waals surface area contributed by atoms with Crippen LogP contribution in [0.3, 0.4) is 0 Å². The number of amides is 1. The molecule has 1 aromatic heterocycles. The summed E-state index contributed by atoms with van der Waals surface area (Å²) in [4.78, 5) is 21.1. The summed E-state index contributed by atoms with van der Waals surface area (Å²) in [6.45, 7) is 9.90. The molecule has 2 heterocycles. The highest BCUT2D eigenvalue weighted by Crippen LogP contribution is 2.11. The zero-order valence-electron chi connectivity index (χ0n) is 13.8. The molecule has 0 spiro atoms. The van der Waals surface area contributed by atoms with Crippen molar-refractivity contribution in [2.75, 3.05) is 44.6 Å². The number of hydrogen-bond donors (Lipinski definition) is 1. The monoisotopic (exact) mass is 304 g/mol. The third kappa shape index (κ3) is 4.70. The van der Waals surface area contributed by atoms with Crippen molar-refractivity contribution in [3.8, 4) is 0 Å². The second-order valence-electron chi connectivity index (χ2n) is 5.79. The molecule has 0 radical (unpaired) electrons. The lowest BCUT2D eigenvalue weighted by Gasteiger charge is -2.34. The number of nitrogens with one attached hydrogen (secondary N) is 1. The van der Waals surface area contributed by atoms with E-state index in [0.29, 0.717) is 5.56 Å². The predicted octanol–water partition coefficient (Wildman–Crippen LogP) is 2.46. The molecular weight excluding hydrogens is 276 g/mol. The van der Waals surface area contributed by atoms with Crippen LogP contribution in [0.15, 0.2) is 18.3 Å². The number of aromatic nitrogens is 1. The largest absolute Gasteiger partial charge is 0.370 e. The van der Waals surface area contributed by atoms with Crippen molar-refractivity contribution in [3.63, 3.8) is 0 Å². The first-order valence-electron chi connectivity index (χ1n) is 8.46. The lowest BCUT2D eigenvalue weighted by atomic mass is 10.2. The first-order chi connectivity index (χ1) is 10.7. The molecule has 1 aliphatic rings. The Kier molecular flexibility index (Phi) is 6.65. The second kappa shape index (κ2) is 8.73. The van der Waals surface area contributed by atoms with E-state index < -0.39 is 0 Å². The fraction of sp³-hybridized carbons (Fsp3) is 0.647. The molecule has 0 atom stereocenters. The minimum absolute atomic E-state index is 0.0980. The van der Waals surface area contributed by atoms with Gasteiger partial charge in [-0.2, -0.15) is 0 Å². The van der Waals surface area contributed by atoms with Crippen LogP contribution in [0.4, 0.5) is 5.82 Å². The SMILES string of the molecule is CCCCCNc1ccc(C(=O)N2CCN(CC)CC2)cn1. The van der Waals surface area contributed by atoms with Crippen molar-refractivity contribution in [2.45, 2.75) is 33.1 Å². The van der Waals surface area contributed by atoms with Crippen molar-refractivity contribution < 1.29 is 4.79 Å². The van der Waals surface area contributed by atoms with E-state index in [1.807, 2.05) is 17.0 Å². The number of anilines is 1. The van der Waals surface area contributed by atoms with Crippen LogP contribution in [-0.2, 0) is 0 Å². The number of unbranched alkanes of at least 4 members (excludes halogenated alkanes) is 2. The van der Waals surface area contributed by atoms with Gasteiger partial charge >= 0.3 is 0 Å². The number of hydrogen-bond acceptors (Lipinski definition) is 4. The normalized spacial score (nSPS) is 15.8. The average molecular weight is 304 g/mol. The molecule has 5 nitrogen and oxygen atoms in total. The Morgan fingerprint density at radius 2 is 1.95 bits per heavy atom. The van der Waals surface area contributed by atoms with Crippen LogP contribution in [0.2, 0.25) is 0 Å². The molecule has 0 aliphatic carbocycles. The molecule has 1 fully saturated rings. The zero-order chi connectivity index (χ0) is 15.8. The Balaban J connectivity index is 1.83. The Morgan fingerprint density at radius 1 is 1.18 bits per heavy atom. The van der Waals surface area contributed by atoms with Gasteiger partial charge in [-0.25, -0.2) is 4.98 Å². The van der Waals surface area contributed by atoms with Crippen LogP contribution in [0.1, 0.15) is 43.5 Å². The summed E-state index contributed by atoms with van der Waals surface area (Å²) in [6, 6.07) is 3.78. The Morgan fingerprint density at radius 3 is 2.55 bits per heavy atom. The lowest BCUT2D eigenvalue weighted by Crippen LogP contribution is -2.48. The molecule has 2 rings (SSSR count). The van der Waals surface area contributed by atoms with Gasteiger partial charge < -0.3 is 15.1 Å². The molecule has 1 aliphatic heterocycles. The Hall–Kier alpha value is -1.62. The van der Waals surface area contributed by atoms with Crippen LogP contribution < -0.4 is 5.32 Å². The molecule has 1 N–H and O–H groups in total. The quantitative estimate of drug-likeness (QED) is 0.786. The summed E-state index contributed by atoms with van der Waals surface area (Å²) in [6.07, 6.45) is 5.29. The van der Waals surface area contributed by atoms with E-state index in [9.17, 15) is 4.79 Å². The molecule has 0 unspecified atom stereocenters. The molecule has 0 saturated carbocycles. The minimum atomic E-state index is 0.0980. The summed E-state index contributed by atoms with van der Waals surface area (Å²) in [5.74, 6) is 0.948. The van der Waals surface area contributed by atoms with Gasteiger partial charge in [-0.05, 0) is 25.1 Å². The predicted molar refractivity (Wildman–Crippen MR) is 90.3 cm³/mol. The van der Waals surface area contributed by atoms with Gasteiger partial charge in [0.05, 0.1) is 5.56 Å². The standard InChI is InChI=1S/C17H28N4O/c1-3-5-6-9-18-16-8-7-15(14-19-16)17(22)21-12-10-20(4-2)11-13-21/h7-8,14H,3-6,9-13H2,1-2H3,(H,18,19). The summed E-state index contributed by atoms with van der Waals surface area (Å²) < 4.78 is 0. The van der Waals surface area contributed by atoms with Crippen LogP contribution >= 0.6 is 0 Å². The first kappa shape index (κ1) is 16.7. The zero-order valence-corrected chi connectivity index (χ0v) is 13.8. The van der Waals surface area contributed by atoms with E-state index in [1.54, 1.807) is 6.20 Å². The van der Waals surface area contributed by atoms with Crippen LogP contribution in [0.25, 0.3) is 0 Å². The summed E-state index contributed by atoms with van der Waals surface area (Å²) >= 11 is 0. The van der Waals surface area contributed by atoms with Crippen molar-refractivity contribution in [2.24, 2.45) is 0 Å². The van der Waals surface area contributed by atoms with E-state index in [0.717, 1.165) is 51.5 Å². The highest BCUT2D eigenvalue weighted by Gasteiger charge is 2.21. The van der Waals surface area contributed by atoms with Gasteiger partial charge in [0.15, 0.2) is 0 Å². The number of carbonyl (C=O) groups excluding carboxylic acids is 1. The van der Waals surface area contributed by atoms with E-state index in [-0.39, 0.29) is 5.91 Å². The topological polar surface area (TPSA) is 48.5 Å². The smallest absolute Gasteiger partial charge is 0.255 e. The maximum atomic E-state index is 12.5. The van der Waals surface area contributed by atoms with E-state index in [2.05, 4.69) is 29.0 Å². The molecule has 5 heteroatoms. The maximum absolute atomic E-state index is 12.5. The average Bonchev–Trinajstić information content (AvgIpc) is 2.59. The van der Waals surface area contributed by atoms with Crippen LogP contribution in [0, 0.1) is 0 Å². The van der Waals surface area contributed by atoms with Crippen LogP contribution in [0.5, 0.6) is 0 Å². The fourth-order valence-corrected chi connectivity index (χ4v) is 2.67. The molecule has 0 aromatic carbocycles. The van der Waals surface area contributed by atoms with Gasteiger partial charge in [-0.15, -0.1) is 0 Å².